The van der Waals surface area contributed by atoms with Gasteiger partial charge in [-0.15, -0.1) is 11.3 Å². The Balaban J connectivity index is 1.25. The number of carbonyl (C=O) groups excluding carboxylic acids is 2. The maximum absolute atomic E-state index is 13.7. The average molecular weight is 442 g/mol. The molecule has 0 atom stereocenters. The summed E-state index contributed by atoms with van der Waals surface area (Å²) in [7, 11) is 1.84. The van der Waals surface area contributed by atoms with Crippen LogP contribution in [0.1, 0.15) is 28.9 Å². The predicted octanol–water partition coefficient (Wildman–Crippen LogP) is 2.89. The zero-order chi connectivity index (χ0) is 21.8. The molecule has 9 heteroatoms. The number of rotatable bonds is 6. The van der Waals surface area contributed by atoms with Crippen molar-refractivity contribution in [3.8, 4) is 10.6 Å². The van der Waals surface area contributed by atoms with Crippen LogP contribution in [0, 0.1) is 11.7 Å². The third kappa shape index (κ3) is 4.99. The van der Waals surface area contributed by atoms with Crippen molar-refractivity contribution in [1.82, 2.24) is 25.0 Å². The monoisotopic (exact) mass is 441 g/mol. The van der Waals surface area contributed by atoms with Gasteiger partial charge in [0.2, 0.25) is 5.91 Å². The lowest BCUT2D eigenvalue weighted by Gasteiger charge is -2.30. The van der Waals surface area contributed by atoms with Gasteiger partial charge in [0.15, 0.2) is 0 Å². The van der Waals surface area contributed by atoms with Crippen molar-refractivity contribution in [2.45, 2.75) is 19.3 Å². The third-order valence-electron chi connectivity index (χ3n) is 5.48. The number of benzene rings is 1. The maximum atomic E-state index is 13.7. The van der Waals surface area contributed by atoms with E-state index in [1.807, 2.05) is 13.2 Å². The molecule has 3 heterocycles. The van der Waals surface area contributed by atoms with E-state index in [0.29, 0.717) is 50.2 Å². The Labute approximate surface area is 183 Å². The predicted molar refractivity (Wildman–Crippen MR) is 116 cm³/mol. The van der Waals surface area contributed by atoms with Gasteiger partial charge in [-0.05, 0) is 30.9 Å². The molecule has 0 spiro atoms. The van der Waals surface area contributed by atoms with E-state index in [-0.39, 0.29) is 23.5 Å². The second kappa shape index (κ2) is 9.38. The summed E-state index contributed by atoms with van der Waals surface area (Å²) < 4.78 is 15.4. The highest BCUT2D eigenvalue weighted by Gasteiger charge is 2.28. The van der Waals surface area contributed by atoms with Crippen molar-refractivity contribution in [3.05, 3.63) is 59.1 Å². The first-order chi connectivity index (χ1) is 15.0. The minimum absolute atomic E-state index is 0.0315. The number of piperidine rings is 1. The van der Waals surface area contributed by atoms with Crippen LogP contribution in [0.25, 0.3) is 10.6 Å². The number of likely N-dealkylation sites (tertiary alicyclic amines) is 1. The number of thiazole rings is 1. The molecule has 0 aliphatic carbocycles. The van der Waals surface area contributed by atoms with Gasteiger partial charge in [0.05, 0.1) is 6.20 Å². The summed E-state index contributed by atoms with van der Waals surface area (Å²) in [6.07, 6.45) is 5.26. The van der Waals surface area contributed by atoms with Gasteiger partial charge in [0.1, 0.15) is 16.5 Å². The molecule has 1 aliphatic rings. The van der Waals surface area contributed by atoms with Gasteiger partial charge in [0.25, 0.3) is 5.91 Å². The summed E-state index contributed by atoms with van der Waals surface area (Å²) in [6, 6.07) is 6.59. The number of hydrogen-bond donors (Lipinski definition) is 1. The van der Waals surface area contributed by atoms with Crippen molar-refractivity contribution >= 4 is 23.2 Å². The van der Waals surface area contributed by atoms with Crippen LogP contribution in [0.4, 0.5) is 4.39 Å². The first-order valence-electron chi connectivity index (χ1n) is 10.3. The van der Waals surface area contributed by atoms with Gasteiger partial charge in [-0.3, -0.25) is 14.3 Å². The van der Waals surface area contributed by atoms with Crippen LogP contribution in [-0.4, -0.2) is 51.1 Å². The molecule has 1 fully saturated rings. The number of halogens is 1. The van der Waals surface area contributed by atoms with Crippen LogP contribution >= 0.6 is 11.3 Å². The van der Waals surface area contributed by atoms with Gasteiger partial charge in [0, 0.05) is 49.7 Å². The number of aryl methyl sites for hydroxylation is 1. The maximum Gasteiger partial charge on any atom is 0.273 e. The molecule has 0 radical (unpaired) electrons. The van der Waals surface area contributed by atoms with E-state index in [1.54, 1.807) is 39.4 Å². The van der Waals surface area contributed by atoms with Crippen molar-refractivity contribution in [3.63, 3.8) is 0 Å². The Morgan fingerprint density at radius 1 is 1.26 bits per heavy atom. The van der Waals surface area contributed by atoms with Gasteiger partial charge >= 0.3 is 0 Å². The van der Waals surface area contributed by atoms with Crippen molar-refractivity contribution in [2.24, 2.45) is 13.0 Å². The lowest BCUT2D eigenvalue weighted by atomic mass is 9.95. The quantitative estimate of drug-likeness (QED) is 0.638. The Bertz CT molecular complexity index is 1070. The summed E-state index contributed by atoms with van der Waals surface area (Å²) >= 11 is 1.42. The number of nitrogens with one attached hydrogen (secondary N) is 1. The Morgan fingerprint density at radius 3 is 2.74 bits per heavy atom. The number of hydrogen-bond acceptors (Lipinski definition) is 5. The zero-order valence-electron chi connectivity index (χ0n) is 17.3. The van der Waals surface area contributed by atoms with Crippen LogP contribution in [0.2, 0.25) is 0 Å². The van der Waals surface area contributed by atoms with E-state index in [2.05, 4.69) is 15.4 Å². The van der Waals surface area contributed by atoms with Gasteiger partial charge in [-0.1, -0.05) is 18.2 Å². The van der Waals surface area contributed by atoms with Crippen LogP contribution in [0.5, 0.6) is 0 Å². The Kier molecular flexibility index (Phi) is 6.41. The van der Waals surface area contributed by atoms with Crippen molar-refractivity contribution in [1.29, 1.82) is 0 Å². The van der Waals surface area contributed by atoms with E-state index in [0.717, 1.165) is 10.6 Å². The summed E-state index contributed by atoms with van der Waals surface area (Å²) in [5.74, 6) is -0.524. The molecule has 1 N–H and O–H groups in total. The van der Waals surface area contributed by atoms with Gasteiger partial charge in [-0.25, -0.2) is 9.37 Å². The minimum atomic E-state index is -0.253. The van der Waals surface area contributed by atoms with Crippen LogP contribution < -0.4 is 5.32 Å². The fraction of sp³-hybridized carbons (Fsp3) is 0.364. The molecule has 2 amide bonds. The molecule has 1 aliphatic heterocycles. The molecule has 3 aromatic rings. The van der Waals surface area contributed by atoms with Gasteiger partial charge < -0.3 is 10.2 Å². The van der Waals surface area contributed by atoms with Crippen molar-refractivity contribution in [2.75, 3.05) is 19.6 Å². The smallest absolute Gasteiger partial charge is 0.273 e. The highest BCUT2D eigenvalue weighted by Crippen LogP contribution is 2.25. The minimum Gasteiger partial charge on any atom is -0.356 e. The van der Waals surface area contributed by atoms with Gasteiger partial charge in [-0.2, -0.15) is 5.10 Å². The third-order valence-corrected chi connectivity index (χ3v) is 6.37. The standard InChI is InChI=1S/C22H24FN5O2S/c1-27-13-17(12-25-27)21-26-19(14-31-21)22(30)28-10-7-16(8-11-28)20(29)24-9-6-15-4-2-3-5-18(15)23/h2-5,12-14,16H,6-11H2,1H3,(H,24,29). The molecule has 7 nitrogen and oxygen atoms in total. The summed E-state index contributed by atoms with van der Waals surface area (Å²) in [6.45, 7) is 1.43. The molecular weight excluding hydrogens is 417 g/mol. The molecular formula is C22H24FN5O2S. The number of carbonyl (C=O) groups is 2. The largest absolute Gasteiger partial charge is 0.356 e. The van der Waals surface area contributed by atoms with Crippen LogP contribution in [-0.2, 0) is 18.3 Å². The molecule has 162 valence electrons. The number of aromatic nitrogens is 3. The molecule has 0 unspecified atom stereocenters. The summed E-state index contributed by atoms with van der Waals surface area (Å²) in [5, 5.41) is 9.57. The number of nitrogens with zero attached hydrogens (tertiary/aromatic N) is 4. The van der Waals surface area contributed by atoms with E-state index in [1.165, 1.54) is 17.4 Å². The average Bonchev–Trinajstić information content (AvgIpc) is 3.44. The Morgan fingerprint density at radius 2 is 2.03 bits per heavy atom. The Hall–Kier alpha value is -3.07. The normalized spacial score (nSPS) is 14.6. The fourth-order valence-corrected chi connectivity index (χ4v) is 4.48. The summed E-state index contributed by atoms with van der Waals surface area (Å²) in [5.41, 5.74) is 1.91. The molecule has 0 bridgehead atoms. The molecule has 1 aromatic carbocycles. The number of amides is 2. The van der Waals surface area contributed by atoms with E-state index in [4.69, 9.17) is 0 Å². The topological polar surface area (TPSA) is 80.1 Å². The van der Waals surface area contributed by atoms with E-state index in [9.17, 15) is 14.0 Å². The molecule has 4 rings (SSSR count). The highest BCUT2D eigenvalue weighted by atomic mass is 32.1. The highest BCUT2D eigenvalue weighted by molar-refractivity contribution is 7.13. The fourth-order valence-electron chi connectivity index (χ4n) is 3.71. The van der Waals surface area contributed by atoms with Crippen molar-refractivity contribution < 1.29 is 14.0 Å². The molecule has 31 heavy (non-hydrogen) atoms. The molecule has 2 aromatic heterocycles. The lowest BCUT2D eigenvalue weighted by Crippen LogP contribution is -2.43. The van der Waals surface area contributed by atoms with E-state index < -0.39 is 0 Å². The summed E-state index contributed by atoms with van der Waals surface area (Å²) in [4.78, 5) is 31.5. The first kappa shape index (κ1) is 21.2. The molecule has 0 saturated carbocycles. The first-order valence-corrected chi connectivity index (χ1v) is 11.1. The van der Waals surface area contributed by atoms with Crippen LogP contribution in [0.3, 0.4) is 0 Å². The van der Waals surface area contributed by atoms with Crippen LogP contribution in [0.15, 0.2) is 42.0 Å². The SMILES string of the molecule is Cn1cc(-c2nc(C(=O)N3CCC(C(=O)NCCc4ccccc4F)CC3)cs2)cn1. The second-order valence-electron chi connectivity index (χ2n) is 7.64. The molecule has 1 saturated heterocycles. The second-order valence-corrected chi connectivity index (χ2v) is 8.50. The van der Waals surface area contributed by atoms with E-state index >= 15 is 0 Å². The zero-order valence-corrected chi connectivity index (χ0v) is 18.1. The lowest BCUT2D eigenvalue weighted by molar-refractivity contribution is -0.126.